The molecule has 6 rings (SSSR count). The minimum absolute atomic E-state index is 0. The zero-order valence-corrected chi connectivity index (χ0v) is 27.0. The Morgan fingerprint density at radius 1 is 0.811 bits per heavy atom. The van der Waals surface area contributed by atoms with E-state index >= 15 is 0 Å². The van der Waals surface area contributed by atoms with Crippen LogP contribution < -0.4 is 24.8 Å². The summed E-state index contributed by atoms with van der Waals surface area (Å²) >= 11 is 0. The topological polar surface area (TPSA) is 0 Å². The van der Waals surface area contributed by atoms with Gasteiger partial charge in [0.2, 0.25) is 0 Å². The predicted molar refractivity (Wildman–Crippen MR) is 149 cm³/mol. The van der Waals surface area contributed by atoms with Crippen LogP contribution in [-0.4, -0.2) is 9.52 Å². The molecule has 37 heavy (non-hydrogen) atoms. The van der Waals surface area contributed by atoms with Gasteiger partial charge >= 0.3 is 26.2 Å². The summed E-state index contributed by atoms with van der Waals surface area (Å²) in [6.07, 6.45) is 4.52. The Hall–Kier alpha value is -1.70. The van der Waals surface area contributed by atoms with E-state index in [1.54, 1.807) is 0 Å². The van der Waals surface area contributed by atoms with Gasteiger partial charge in [-0.2, -0.15) is 18.2 Å². The molecule has 0 saturated carbocycles. The fourth-order valence-corrected chi connectivity index (χ4v) is 5.60. The third-order valence-corrected chi connectivity index (χ3v) is 7.10. The number of benzene rings is 4. The first-order chi connectivity index (χ1) is 16.7. The smallest absolute Gasteiger partial charge is 1.00 e. The summed E-state index contributed by atoms with van der Waals surface area (Å²) in [4.78, 5) is 0. The first kappa shape index (κ1) is 31.5. The minimum atomic E-state index is 0. The number of fused-ring (bicyclic) bond motifs is 4. The van der Waals surface area contributed by atoms with Gasteiger partial charge < -0.3 is 24.8 Å². The second kappa shape index (κ2) is 13.9. The van der Waals surface area contributed by atoms with Gasteiger partial charge in [-0.25, -0.2) is 0 Å². The molecule has 0 spiro atoms. The molecule has 0 bridgehead atoms. The van der Waals surface area contributed by atoms with Crippen LogP contribution in [0.2, 0.25) is 13.1 Å². The normalized spacial score (nSPS) is 13.8. The molecule has 186 valence electrons. The Labute approximate surface area is 256 Å². The first-order valence-electron chi connectivity index (χ1n) is 12.4. The van der Waals surface area contributed by atoms with Crippen LogP contribution in [0.3, 0.4) is 0 Å². The molecule has 0 amide bonds. The Bertz CT molecular complexity index is 1390. The maximum atomic E-state index is 3.68. The van der Waals surface area contributed by atoms with E-state index in [-0.39, 0.29) is 51.0 Å². The molecule has 0 nitrogen and oxygen atoms in total. The molecule has 2 aliphatic carbocycles. The van der Waals surface area contributed by atoms with Gasteiger partial charge in [0.15, 0.2) is 0 Å². The molecule has 1 atom stereocenters. The molecule has 0 aliphatic heterocycles. The van der Waals surface area contributed by atoms with Crippen molar-refractivity contribution in [3.63, 3.8) is 0 Å². The van der Waals surface area contributed by atoms with Crippen molar-refractivity contribution in [3.05, 3.63) is 124 Å². The fourth-order valence-electron chi connectivity index (χ4n) is 5.60. The van der Waals surface area contributed by atoms with Gasteiger partial charge in [0.25, 0.3) is 0 Å². The minimum Gasteiger partial charge on any atom is -1.00 e. The van der Waals surface area contributed by atoms with Crippen LogP contribution in [0.15, 0.2) is 84.4 Å². The van der Waals surface area contributed by atoms with E-state index in [2.05, 4.69) is 118 Å². The van der Waals surface area contributed by atoms with Crippen molar-refractivity contribution in [1.82, 2.24) is 0 Å². The van der Waals surface area contributed by atoms with Crippen LogP contribution in [-0.2, 0) is 32.6 Å². The maximum Gasteiger partial charge on any atom is 3.00 e. The Kier molecular flexibility index (Phi) is 11.8. The van der Waals surface area contributed by atoms with Gasteiger partial charge in [0, 0.05) is 15.4 Å². The fraction of sp³-hybridized carbons (Fsp3) is 0.212. The molecule has 0 aromatic heterocycles. The van der Waals surface area contributed by atoms with Gasteiger partial charge in [0.05, 0.1) is 0 Å². The zero-order valence-electron chi connectivity index (χ0n) is 21.9. The van der Waals surface area contributed by atoms with Gasteiger partial charge in [-0.15, -0.1) is 16.7 Å². The van der Waals surface area contributed by atoms with E-state index in [9.17, 15) is 0 Å². The number of aryl methyl sites for hydroxylation is 1. The molecule has 0 fully saturated rings. The Morgan fingerprint density at radius 3 is 2.16 bits per heavy atom. The van der Waals surface area contributed by atoms with Crippen molar-refractivity contribution in [2.45, 2.75) is 45.7 Å². The largest absolute Gasteiger partial charge is 3.00 e. The van der Waals surface area contributed by atoms with Crippen LogP contribution in [0, 0.1) is 13.0 Å². The van der Waals surface area contributed by atoms with Crippen molar-refractivity contribution in [2.75, 3.05) is 0 Å². The Morgan fingerprint density at radius 2 is 1.46 bits per heavy atom. The molecule has 2 radical (unpaired) electrons. The van der Waals surface area contributed by atoms with Crippen molar-refractivity contribution >= 4 is 15.6 Å². The molecule has 4 heteroatoms. The molecule has 2 aliphatic rings. The van der Waals surface area contributed by atoms with E-state index in [1.165, 1.54) is 61.2 Å². The van der Waals surface area contributed by atoms with Gasteiger partial charge in [-0.05, 0) is 58.7 Å². The summed E-state index contributed by atoms with van der Waals surface area (Å²) in [7, 11) is 0.750. The number of hydrogen-bond acceptors (Lipinski definition) is 0. The van der Waals surface area contributed by atoms with E-state index in [0.717, 1.165) is 22.4 Å². The quantitative estimate of drug-likeness (QED) is 0.216. The van der Waals surface area contributed by atoms with Crippen LogP contribution >= 0.6 is 0 Å². The third kappa shape index (κ3) is 5.84. The molecule has 0 N–H and O–H groups in total. The van der Waals surface area contributed by atoms with Crippen LogP contribution in [0.1, 0.15) is 52.6 Å². The van der Waals surface area contributed by atoms with Crippen molar-refractivity contribution in [1.29, 1.82) is 0 Å². The monoisotopic (exact) mass is 616 g/mol. The third-order valence-electron chi connectivity index (χ3n) is 7.10. The molecule has 1 unspecified atom stereocenters. The molecular formula is C33H32Cl2SiZr. The molecule has 0 heterocycles. The van der Waals surface area contributed by atoms with Crippen molar-refractivity contribution in [3.8, 4) is 22.3 Å². The van der Waals surface area contributed by atoms with Gasteiger partial charge in [0.1, 0.15) is 0 Å². The Balaban J connectivity index is 0.000000767. The number of allylic oxidation sites excluding steroid dienone is 1. The summed E-state index contributed by atoms with van der Waals surface area (Å²) in [6, 6.07) is 32.5. The summed E-state index contributed by atoms with van der Waals surface area (Å²) in [5.41, 5.74) is 15.4. The molecule has 0 saturated heterocycles. The second-order valence-corrected chi connectivity index (χ2v) is 10.5. The van der Waals surface area contributed by atoms with E-state index in [4.69, 9.17) is 0 Å². The first-order valence-corrected chi connectivity index (χ1v) is 14.7. The van der Waals surface area contributed by atoms with E-state index in [0.29, 0.717) is 5.92 Å². The van der Waals surface area contributed by atoms with Gasteiger partial charge in [-0.1, -0.05) is 98.4 Å². The number of hydrogen-bond donors (Lipinski definition) is 0. The number of rotatable bonds is 3. The summed E-state index contributed by atoms with van der Waals surface area (Å²) in [6.45, 7) is 8.91. The van der Waals surface area contributed by atoms with E-state index < -0.39 is 0 Å². The molecule has 4 aromatic rings. The standard InChI is InChI=1S/C31H25.C2H7Si.2ClH.Zr/c1-3-21-18-29-25(23-12-6-4-10-20(23)2)14-8-16-27(29)31(21)28-17-9-15-26-24-13-7-5-11-22(24)19-30(26)28;1-3-2;;;/h4-16,18,31H,3,19H2,1-2H3;3H,1-2H3;2*1H;/q-1;;;;+3/p-2. The predicted octanol–water partition coefficient (Wildman–Crippen LogP) is 2.50. The van der Waals surface area contributed by atoms with Crippen molar-refractivity contribution < 1.29 is 51.0 Å². The number of halogens is 2. The average molecular weight is 619 g/mol. The SMILES string of the molecule is CCC1=Cc2c(-c3ccccc3C)cccc2C1c1[c-]ccc2c1Cc1ccccc1-2.C[SiH]C.[Cl-].[Cl-].[Zr+3]. The summed E-state index contributed by atoms with van der Waals surface area (Å²) < 4.78 is 0. The van der Waals surface area contributed by atoms with E-state index in [1.807, 2.05) is 0 Å². The van der Waals surface area contributed by atoms with Crippen LogP contribution in [0.5, 0.6) is 0 Å². The van der Waals surface area contributed by atoms with Crippen molar-refractivity contribution in [2.24, 2.45) is 0 Å². The zero-order chi connectivity index (χ0) is 23.7. The molecule has 4 aromatic carbocycles. The van der Waals surface area contributed by atoms with Crippen LogP contribution in [0.4, 0.5) is 0 Å². The second-order valence-electron chi connectivity index (χ2n) is 9.32. The molecular weight excluding hydrogens is 587 g/mol. The summed E-state index contributed by atoms with van der Waals surface area (Å²) in [5.74, 6) is 0.299. The van der Waals surface area contributed by atoms with Gasteiger partial charge in [-0.3, -0.25) is 0 Å². The average Bonchev–Trinajstić information content (AvgIpc) is 3.43. The summed E-state index contributed by atoms with van der Waals surface area (Å²) in [5, 5.41) is 0. The maximum absolute atomic E-state index is 3.68. The van der Waals surface area contributed by atoms with Crippen LogP contribution in [0.25, 0.3) is 28.3 Å².